The van der Waals surface area contributed by atoms with Gasteiger partial charge in [-0.05, 0) is 30.5 Å². The number of nitrogens with one attached hydrogen (secondary N) is 2. The Balaban J connectivity index is 1.69. The van der Waals surface area contributed by atoms with E-state index in [2.05, 4.69) is 10.6 Å². The lowest BCUT2D eigenvalue weighted by Gasteiger charge is -2.33. The van der Waals surface area contributed by atoms with E-state index in [4.69, 9.17) is 14.6 Å². The zero-order valence-electron chi connectivity index (χ0n) is 19.2. The lowest BCUT2D eigenvalue weighted by molar-refractivity contribution is -0.145. The van der Waals surface area contributed by atoms with Crippen LogP contribution >= 0.6 is 11.8 Å². The Kier molecular flexibility index (Phi) is 9.50. The van der Waals surface area contributed by atoms with E-state index in [1.54, 1.807) is 25.6 Å². The third-order valence-corrected chi connectivity index (χ3v) is 6.60. The fraction of sp³-hybridized carbons (Fsp3) is 0.400. The molecule has 2 aromatic carbocycles. The molecule has 3 unspecified atom stereocenters. The van der Waals surface area contributed by atoms with Crippen LogP contribution in [0.1, 0.15) is 36.6 Å². The van der Waals surface area contributed by atoms with Gasteiger partial charge in [0.2, 0.25) is 0 Å². The van der Waals surface area contributed by atoms with Crippen LogP contribution in [0.25, 0.3) is 0 Å². The van der Waals surface area contributed by atoms with Crippen molar-refractivity contribution in [3.05, 3.63) is 71.3 Å². The summed E-state index contributed by atoms with van der Waals surface area (Å²) >= 11 is 1.58. The number of ketones is 1. The number of carbonyl (C=O) groups is 3. The van der Waals surface area contributed by atoms with E-state index >= 15 is 0 Å². The summed E-state index contributed by atoms with van der Waals surface area (Å²) in [5, 5.41) is 15.2. The number of rotatable bonds is 11. The third kappa shape index (κ3) is 7.06. The molecule has 3 N–H and O–H groups in total. The fourth-order valence-corrected chi connectivity index (χ4v) is 4.91. The smallest absolute Gasteiger partial charge is 0.465 e. The van der Waals surface area contributed by atoms with E-state index in [-0.39, 0.29) is 12.4 Å². The van der Waals surface area contributed by atoms with Gasteiger partial charge < -0.3 is 14.6 Å². The third-order valence-electron chi connectivity index (χ3n) is 5.50. The molecule has 1 aliphatic heterocycles. The van der Waals surface area contributed by atoms with Gasteiger partial charge in [0, 0.05) is 17.9 Å². The molecule has 0 radical (unpaired) electrons. The van der Waals surface area contributed by atoms with Gasteiger partial charge in [-0.2, -0.15) is 11.8 Å². The summed E-state index contributed by atoms with van der Waals surface area (Å²) in [6, 6.07) is 15.2. The normalized spacial score (nSPS) is 18.9. The van der Waals surface area contributed by atoms with Gasteiger partial charge in [-0.1, -0.05) is 54.6 Å². The zero-order valence-corrected chi connectivity index (χ0v) is 20.0. The van der Waals surface area contributed by atoms with E-state index in [0.29, 0.717) is 12.2 Å². The monoisotopic (exact) mass is 486 g/mol. The second-order valence-electron chi connectivity index (χ2n) is 7.97. The number of esters is 1. The second-order valence-corrected chi connectivity index (χ2v) is 9.00. The highest BCUT2D eigenvalue weighted by atomic mass is 32.2. The molecule has 8 nitrogen and oxygen atoms in total. The van der Waals surface area contributed by atoms with Crippen LogP contribution in [-0.4, -0.2) is 53.7 Å². The standard InChI is InChI=1S/C25H30N2O6S/c1-3-32-24(29)20(15-34-14-17-9-5-4-6-10-17)26-16(2)23(28)22-19-12-8-7-11-18(19)13-21(27-22)33-25(30)31/h4-12,16,20-22,26-27H,3,13-15H2,1-2H3,(H,30,31)/t16-,20?,21?,22?/m0/s1. The summed E-state index contributed by atoms with van der Waals surface area (Å²) < 4.78 is 10.1. The highest BCUT2D eigenvalue weighted by Crippen LogP contribution is 2.27. The molecule has 3 rings (SSSR count). The first-order valence-electron chi connectivity index (χ1n) is 11.2. The Bertz CT molecular complexity index is 986. The molecule has 0 aliphatic carbocycles. The SMILES string of the molecule is CCOC(=O)C(CSCc1ccccc1)N[C@@H](C)C(=O)C1NC(OC(=O)O)Cc2ccccc21. The minimum Gasteiger partial charge on any atom is -0.465 e. The van der Waals surface area contributed by atoms with E-state index < -0.39 is 36.5 Å². The number of carboxylic acid groups (broad SMARTS) is 1. The van der Waals surface area contributed by atoms with Crippen molar-refractivity contribution < 1.29 is 29.0 Å². The fourth-order valence-electron chi connectivity index (χ4n) is 3.90. The molecular formula is C25H30N2O6S. The molecule has 0 bridgehead atoms. The summed E-state index contributed by atoms with van der Waals surface area (Å²) in [4.78, 5) is 37.1. The second kappa shape index (κ2) is 12.5. The molecule has 1 aliphatic rings. The molecule has 0 spiro atoms. The van der Waals surface area contributed by atoms with Crippen LogP contribution in [0, 0.1) is 0 Å². The lowest BCUT2D eigenvalue weighted by Crippen LogP contribution is -2.53. The van der Waals surface area contributed by atoms with Crippen LogP contribution in [0.5, 0.6) is 0 Å². The summed E-state index contributed by atoms with van der Waals surface area (Å²) in [7, 11) is 0. The van der Waals surface area contributed by atoms with Gasteiger partial charge in [-0.3, -0.25) is 20.2 Å². The van der Waals surface area contributed by atoms with E-state index in [1.807, 2.05) is 54.6 Å². The van der Waals surface area contributed by atoms with Gasteiger partial charge in [-0.15, -0.1) is 0 Å². The Morgan fingerprint density at radius 2 is 1.85 bits per heavy atom. The van der Waals surface area contributed by atoms with Gasteiger partial charge >= 0.3 is 12.1 Å². The maximum Gasteiger partial charge on any atom is 0.507 e. The first-order valence-corrected chi connectivity index (χ1v) is 12.4. The topological polar surface area (TPSA) is 114 Å². The van der Waals surface area contributed by atoms with Crippen molar-refractivity contribution in [2.24, 2.45) is 0 Å². The maximum absolute atomic E-state index is 13.4. The molecule has 2 aromatic rings. The minimum absolute atomic E-state index is 0.214. The molecule has 0 saturated heterocycles. The number of hydrogen-bond donors (Lipinski definition) is 3. The average Bonchev–Trinajstić information content (AvgIpc) is 2.82. The van der Waals surface area contributed by atoms with Gasteiger partial charge in [0.15, 0.2) is 12.0 Å². The zero-order chi connectivity index (χ0) is 24.5. The molecule has 4 atom stereocenters. The summed E-state index contributed by atoms with van der Waals surface area (Å²) in [5.74, 6) is 0.539. The predicted octanol–water partition coefficient (Wildman–Crippen LogP) is 3.31. The molecule has 0 fully saturated rings. The average molecular weight is 487 g/mol. The van der Waals surface area contributed by atoms with Crippen molar-refractivity contribution in [1.29, 1.82) is 0 Å². The number of thioether (sulfide) groups is 1. The molecule has 1 heterocycles. The number of ether oxygens (including phenoxy) is 2. The van der Waals surface area contributed by atoms with Crippen LogP contribution in [0.15, 0.2) is 54.6 Å². The number of Topliss-reactive ketones (excluding diaryl/α,β-unsaturated/α-hetero) is 1. The van der Waals surface area contributed by atoms with E-state index in [9.17, 15) is 14.4 Å². The highest BCUT2D eigenvalue weighted by Gasteiger charge is 2.36. The van der Waals surface area contributed by atoms with Gasteiger partial charge in [-0.25, -0.2) is 4.79 Å². The largest absolute Gasteiger partial charge is 0.507 e. The van der Waals surface area contributed by atoms with Crippen molar-refractivity contribution >= 4 is 29.7 Å². The van der Waals surface area contributed by atoms with E-state index in [1.165, 1.54) is 0 Å². The number of fused-ring (bicyclic) bond motifs is 1. The van der Waals surface area contributed by atoms with Crippen LogP contribution in [0.3, 0.4) is 0 Å². The van der Waals surface area contributed by atoms with Crippen molar-refractivity contribution in [1.82, 2.24) is 10.6 Å². The van der Waals surface area contributed by atoms with Crippen LogP contribution < -0.4 is 10.6 Å². The number of hydrogen-bond acceptors (Lipinski definition) is 8. The van der Waals surface area contributed by atoms with Crippen LogP contribution in [-0.2, 0) is 31.2 Å². The van der Waals surface area contributed by atoms with Crippen molar-refractivity contribution in [3.63, 3.8) is 0 Å². The molecule has 34 heavy (non-hydrogen) atoms. The van der Waals surface area contributed by atoms with Gasteiger partial charge in [0.05, 0.1) is 18.7 Å². The van der Waals surface area contributed by atoms with Crippen LogP contribution in [0.2, 0.25) is 0 Å². The Morgan fingerprint density at radius 1 is 1.15 bits per heavy atom. The van der Waals surface area contributed by atoms with Crippen molar-refractivity contribution in [2.45, 2.75) is 50.4 Å². The Hall–Kier alpha value is -2.88. The van der Waals surface area contributed by atoms with Gasteiger partial charge in [0.25, 0.3) is 0 Å². The molecule has 0 amide bonds. The van der Waals surface area contributed by atoms with Gasteiger partial charge in [0.1, 0.15) is 6.04 Å². The first kappa shape index (κ1) is 25.7. The highest BCUT2D eigenvalue weighted by molar-refractivity contribution is 7.98. The van der Waals surface area contributed by atoms with Crippen LogP contribution in [0.4, 0.5) is 4.79 Å². The first-order chi connectivity index (χ1) is 16.4. The lowest BCUT2D eigenvalue weighted by atomic mass is 9.89. The maximum atomic E-state index is 13.4. The molecule has 9 heteroatoms. The number of carbonyl (C=O) groups excluding carboxylic acids is 2. The van der Waals surface area contributed by atoms with Crippen molar-refractivity contribution in [2.75, 3.05) is 12.4 Å². The molecule has 0 saturated carbocycles. The predicted molar refractivity (Wildman–Crippen MR) is 130 cm³/mol. The quantitative estimate of drug-likeness (QED) is 0.412. The molecule has 0 aromatic heterocycles. The summed E-state index contributed by atoms with van der Waals surface area (Å²) in [6.45, 7) is 3.68. The number of benzene rings is 2. The van der Waals surface area contributed by atoms with E-state index in [0.717, 1.165) is 22.4 Å². The van der Waals surface area contributed by atoms with Crippen molar-refractivity contribution in [3.8, 4) is 0 Å². The minimum atomic E-state index is -1.41. The summed E-state index contributed by atoms with van der Waals surface area (Å²) in [6.07, 6.45) is -1.92. The molecule has 182 valence electrons. The summed E-state index contributed by atoms with van der Waals surface area (Å²) in [5.41, 5.74) is 2.77. The Morgan fingerprint density at radius 3 is 2.56 bits per heavy atom. The molecular weight excluding hydrogens is 456 g/mol. The Labute approximate surface area is 203 Å².